The third-order valence-corrected chi connectivity index (χ3v) is 6.83. The molecular weight excluding hydrogens is 319 g/mol. The van der Waals surface area contributed by atoms with Gasteiger partial charge in [-0.1, -0.05) is 79.6 Å². The van der Waals surface area contributed by atoms with E-state index in [2.05, 4.69) is 34.6 Å². The van der Waals surface area contributed by atoms with E-state index in [1.165, 1.54) is 25.7 Å². The van der Waals surface area contributed by atoms with Gasteiger partial charge >= 0.3 is 7.60 Å². The van der Waals surface area contributed by atoms with Crippen molar-refractivity contribution in [3.63, 3.8) is 0 Å². The molecule has 0 aromatic heterocycles. The maximum Gasteiger partial charge on any atom is 0.330 e. The van der Waals surface area contributed by atoms with E-state index in [4.69, 9.17) is 9.05 Å². The summed E-state index contributed by atoms with van der Waals surface area (Å²) in [6, 6.07) is 0. The van der Waals surface area contributed by atoms with Gasteiger partial charge in [-0.15, -0.1) is 0 Å². The van der Waals surface area contributed by atoms with E-state index in [1.54, 1.807) is 0 Å². The van der Waals surface area contributed by atoms with E-state index in [-0.39, 0.29) is 0 Å². The van der Waals surface area contributed by atoms with Crippen molar-refractivity contribution in [1.29, 1.82) is 0 Å². The first kappa shape index (κ1) is 24.1. The summed E-state index contributed by atoms with van der Waals surface area (Å²) in [7, 11) is -2.93. The van der Waals surface area contributed by atoms with Gasteiger partial charge in [-0.25, -0.2) is 0 Å². The second-order valence-electron chi connectivity index (χ2n) is 7.11. The Morgan fingerprint density at radius 1 is 0.708 bits per heavy atom. The zero-order valence-corrected chi connectivity index (χ0v) is 17.9. The van der Waals surface area contributed by atoms with Crippen LogP contribution in [0.2, 0.25) is 0 Å². The van der Waals surface area contributed by atoms with Crippen molar-refractivity contribution in [2.45, 2.75) is 98.8 Å². The summed E-state index contributed by atoms with van der Waals surface area (Å²) in [5, 5.41) is 0. The summed E-state index contributed by atoms with van der Waals surface area (Å²) in [6.45, 7) is 12.1. The van der Waals surface area contributed by atoms with Gasteiger partial charge in [-0.2, -0.15) is 0 Å². The van der Waals surface area contributed by atoms with E-state index in [9.17, 15) is 4.57 Å². The van der Waals surface area contributed by atoms with Crippen molar-refractivity contribution in [3.05, 3.63) is 0 Å². The molecule has 0 spiro atoms. The van der Waals surface area contributed by atoms with E-state index < -0.39 is 7.60 Å². The predicted molar refractivity (Wildman–Crippen MR) is 106 cm³/mol. The summed E-state index contributed by atoms with van der Waals surface area (Å²) in [5.41, 5.74) is 0. The average molecular weight is 363 g/mol. The second-order valence-corrected chi connectivity index (χ2v) is 9.30. The summed E-state index contributed by atoms with van der Waals surface area (Å²) in [5.74, 6) is 1.01. The van der Waals surface area contributed by atoms with Crippen LogP contribution in [0.15, 0.2) is 0 Å². The molecule has 0 aromatic carbocycles. The average Bonchev–Trinajstić information content (AvgIpc) is 2.60. The molecule has 0 aliphatic heterocycles. The minimum atomic E-state index is -2.93. The van der Waals surface area contributed by atoms with Gasteiger partial charge in [0.2, 0.25) is 0 Å². The highest BCUT2D eigenvalue weighted by molar-refractivity contribution is 7.53. The molecule has 0 radical (unpaired) electrons. The first-order chi connectivity index (χ1) is 11.5. The molecule has 0 rings (SSSR count). The van der Waals surface area contributed by atoms with Gasteiger partial charge in [0.15, 0.2) is 0 Å². The normalized spacial score (nSPS) is 16.7. The Balaban J connectivity index is 4.54. The fourth-order valence-corrected chi connectivity index (χ4v) is 4.66. The molecule has 0 saturated carbocycles. The van der Waals surface area contributed by atoms with Gasteiger partial charge < -0.3 is 9.05 Å². The molecule has 0 fully saturated rings. The quantitative estimate of drug-likeness (QED) is 0.252. The van der Waals surface area contributed by atoms with Gasteiger partial charge in [0, 0.05) is 0 Å². The lowest BCUT2D eigenvalue weighted by molar-refractivity contribution is 0.151. The van der Waals surface area contributed by atoms with Gasteiger partial charge in [0.1, 0.15) is 0 Å². The van der Waals surface area contributed by atoms with Gasteiger partial charge in [-0.05, 0) is 31.1 Å². The maximum absolute atomic E-state index is 13.1. The number of rotatable bonds is 17. The van der Waals surface area contributed by atoms with Crippen molar-refractivity contribution in [2.24, 2.45) is 11.8 Å². The van der Waals surface area contributed by atoms with Crippen LogP contribution in [0.3, 0.4) is 0 Å². The Morgan fingerprint density at radius 2 is 1.12 bits per heavy atom. The number of hydrogen-bond acceptors (Lipinski definition) is 3. The zero-order chi connectivity index (χ0) is 18.3. The Labute approximate surface area is 151 Å². The van der Waals surface area contributed by atoms with E-state index in [0.29, 0.717) is 31.2 Å². The second kappa shape index (κ2) is 15.4. The molecule has 146 valence electrons. The molecule has 3 nitrogen and oxygen atoms in total. The topological polar surface area (TPSA) is 35.5 Å². The van der Waals surface area contributed by atoms with Crippen LogP contribution >= 0.6 is 7.60 Å². The van der Waals surface area contributed by atoms with Gasteiger partial charge in [-0.3, -0.25) is 4.57 Å². The molecule has 4 heteroatoms. The monoisotopic (exact) mass is 362 g/mol. The summed E-state index contributed by atoms with van der Waals surface area (Å²) in [6.07, 6.45) is 11.8. The summed E-state index contributed by atoms with van der Waals surface area (Å²) < 4.78 is 24.9. The minimum Gasteiger partial charge on any atom is -0.308 e. The third kappa shape index (κ3) is 11.7. The lowest BCUT2D eigenvalue weighted by Gasteiger charge is -2.24. The Bertz CT molecular complexity index is 296. The number of unbranched alkanes of at least 4 members (excludes halogenated alkanes) is 3. The van der Waals surface area contributed by atoms with Crippen LogP contribution in [0.1, 0.15) is 98.8 Å². The van der Waals surface area contributed by atoms with Crippen molar-refractivity contribution >= 4 is 7.60 Å². The molecule has 0 aliphatic rings. The Morgan fingerprint density at radius 3 is 1.46 bits per heavy atom. The lowest BCUT2D eigenvalue weighted by atomic mass is 10.0. The molecule has 0 N–H and O–H groups in total. The SMILES string of the molecule is CCCCC(CC)COP(=O)(CCCC)OCC(CC)CCCC. The minimum absolute atomic E-state index is 0.505. The molecule has 0 aliphatic carbocycles. The van der Waals surface area contributed by atoms with Crippen LogP contribution in [0.4, 0.5) is 0 Å². The van der Waals surface area contributed by atoms with Crippen LogP contribution in [-0.4, -0.2) is 19.4 Å². The number of hydrogen-bond donors (Lipinski definition) is 0. The summed E-state index contributed by atoms with van der Waals surface area (Å²) in [4.78, 5) is 0. The van der Waals surface area contributed by atoms with Crippen molar-refractivity contribution < 1.29 is 13.6 Å². The van der Waals surface area contributed by atoms with Crippen molar-refractivity contribution in [3.8, 4) is 0 Å². The van der Waals surface area contributed by atoms with Crippen LogP contribution in [-0.2, 0) is 13.6 Å². The van der Waals surface area contributed by atoms with E-state index in [1.807, 2.05) is 0 Å². The summed E-state index contributed by atoms with van der Waals surface area (Å²) >= 11 is 0. The Hall–Kier alpha value is 0.150. The van der Waals surface area contributed by atoms with Crippen LogP contribution < -0.4 is 0 Å². The van der Waals surface area contributed by atoms with E-state index in [0.717, 1.165) is 38.5 Å². The van der Waals surface area contributed by atoms with Crippen molar-refractivity contribution in [2.75, 3.05) is 19.4 Å². The first-order valence-electron chi connectivity index (χ1n) is 10.4. The van der Waals surface area contributed by atoms with Crippen LogP contribution in [0, 0.1) is 11.8 Å². The molecular formula is C20H43O3P. The zero-order valence-electron chi connectivity index (χ0n) is 17.0. The van der Waals surface area contributed by atoms with Gasteiger partial charge in [0.05, 0.1) is 19.4 Å². The highest BCUT2D eigenvalue weighted by atomic mass is 31.2. The van der Waals surface area contributed by atoms with Crippen molar-refractivity contribution in [1.82, 2.24) is 0 Å². The van der Waals surface area contributed by atoms with Gasteiger partial charge in [0.25, 0.3) is 0 Å². The smallest absolute Gasteiger partial charge is 0.308 e. The largest absolute Gasteiger partial charge is 0.330 e. The molecule has 0 bridgehead atoms. The Kier molecular flexibility index (Phi) is 15.5. The molecule has 2 unspecified atom stereocenters. The standard InChI is InChI=1S/C20H43O3P/c1-6-11-14-19(9-4)17-22-24(21,16-13-8-3)23-18-20(10-5)15-12-7-2/h19-20H,6-18H2,1-5H3. The first-order valence-corrected chi connectivity index (χ1v) is 12.2. The molecule has 0 saturated heterocycles. The maximum atomic E-state index is 13.1. The fraction of sp³-hybridized carbons (Fsp3) is 1.00. The molecule has 0 aromatic rings. The lowest BCUT2D eigenvalue weighted by Crippen LogP contribution is -2.13. The predicted octanol–water partition coefficient (Wildman–Crippen LogP) is 7.45. The fourth-order valence-electron chi connectivity index (χ4n) is 2.75. The third-order valence-electron chi connectivity index (χ3n) is 4.89. The molecule has 0 amide bonds. The molecule has 24 heavy (non-hydrogen) atoms. The molecule has 2 atom stereocenters. The molecule has 0 heterocycles. The van der Waals surface area contributed by atoms with E-state index >= 15 is 0 Å². The highest BCUT2D eigenvalue weighted by Crippen LogP contribution is 2.50. The van der Waals surface area contributed by atoms with Crippen LogP contribution in [0.5, 0.6) is 0 Å². The van der Waals surface area contributed by atoms with Crippen LogP contribution in [0.25, 0.3) is 0 Å². The highest BCUT2D eigenvalue weighted by Gasteiger charge is 2.26.